The number of carbonyl (C=O) groups is 1. The molecule has 0 radical (unpaired) electrons. The number of aryl methyl sites for hydroxylation is 1. The van der Waals surface area contributed by atoms with E-state index in [1.807, 2.05) is 6.92 Å². The van der Waals surface area contributed by atoms with Crippen molar-refractivity contribution in [1.29, 1.82) is 0 Å². The number of aromatic nitrogens is 2. The van der Waals surface area contributed by atoms with Gasteiger partial charge in [0.15, 0.2) is 0 Å². The Balaban J connectivity index is 2.43. The lowest BCUT2D eigenvalue weighted by Crippen LogP contribution is -2.32. The summed E-state index contributed by atoms with van der Waals surface area (Å²) in [5, 5.41) is 7.01. The molecule has 0 saturated carbocycles. The summed E-state index contributed by atoms with van der Waals surface area (Å²) in [6, 6.07) is 0. The van der Waals surface area contributed by atoms with Crippen molar-refractivity contribution < 1.29 is 4.79 Å². The standard InChI is InChI=1S/C8H11N3O/c1-5-6-3-8(12)11(2)4-7(6)10-9-5/h3-4H2,1-2H3,(H,9,10). The lowest BCUT2D eigenvalue weighted by atomic mass is 10.1. The molecule has 1 aliphatic rings. The first-order valence-corrected chi connectivity index (χ1v) is 3.95. The SMILES string of the molecule is Cc1[nH]nc2c1CC(=O)N(C)C2. The van der Waals surface area contributed by atoms with Gasteiger partial charge in [-0.25, -0.2) is 0 Å². The first kappa shape index (κ1) is 7.34. The number of amides is 1. The zero-order valence-corrected chi connectivity index (χ0v) is 7.22. The number of rotatable bonds is 0. The third kappa shape index (κ3) is 0.913. The van der Waals surface area contributed by atoms with Crippen molar-refractivity contribution in [3.8, 4) is 0 Å². The van der Waals surface area contributed by atoms with Gasteiger partial charge >= 0.3 is 0 Å². The number of nitrogens with one attached hydrogen (secondary N) is 1. The smallest absolute Gasteiger partial charge is 0.227 e. The fourth-order valence-electron chi connectivity index (χ4n) is 1.47. The van der Waals surface area contributed by atoms with Gasteiger partial charge in [0.1, 0.15) is 0 Å². The van der Waals surface area contributed by atoms with Crippen LogP contribution >= 0.6 is 0 Å². The summed E-state index contributed by atoms with van der Waals surface area (Å²) in [4.78, 5) is 13.0. The van der Waals surface area contributed by atoms with E-state index in [0.717, 1.165) is 17.0 Å². The predicted molar refractivity (Wildman–Crippen MR) is 43.5 cm³/mol. The average Bonchev–Trinajstić information content (AvgIpc) is 2.35. The molecule has 4 heteroatoms. The Bertz CT molecular complexity index is 329. The summed E-state index contributed by atoms with van der Waals surface area (Å²) >= 11 is 0. The van der Waals surface area contributed by atoms with E-state index >= 15 is 0 Å². The highest BCUT2D eigenvalue weighted by Crippen LogP contribution is 2.18. The Hall–Kier alpha value is -1.32. The first-order chi connectivity index (χ1) is 5.68. The Morgan fingerprint density at radius 2 is 2.33 bits per heavy atom. The third-order valence-corrected chi connectivity index (χ3v) is 2.30. The van der Waals surface area contributed by atoms with Crippen molar-refractivity contribution >= 4 is 5.91 Å². The van der Waals surface area contributed by atoms with E-state index in [2.05, 4.69) is 10.2 Å². The van der Waals surface area contributed by atoms with Gasteiger partial charge in [-0.3, -0.25) is 9.89 Å². The molecule has 0 aliphatic carbocycles. The summed E-state index contributed by atoms with van der Waals surface area (Å²) in [5.41, 5.74) is 3.11. The van der Waals surface area contributed by atoms with E-state index in [0.29, 0.717) is 13.0 Å². The average molecular weight is 165 g/mol. The topological polar surface area (TPSA) is 49.0 Å². The van der Waals surface area contributed by atoms with Crippen LogP contribution in [0.1, 0.15) is 17.0 Å². The van der Waals surface area contributed by atoms with Crippen LogP contribution in [0.15, 0.2) is 0 Å². The van der Waals surface area contributed by atoms with Crippen LogP contribution in [0, 0.1) is 6.92 Å². The molecule has 1 N–H and O–H groups in total. The van der Waals surface area contributed by atoms with Gasteiger partial charge in [-0.1, -0.05) is 0 Å². The van der Waals surface area contributed by atoms with Crippen molar-refractivity contribution in [3.63, 3.8) is 0 Å². The van der Waals surface area contributed by atoms with Crippen LogP contribution in [0.4, 0.5) is 0 Å². The normalized spacial score (nSPS) is 16.5. The number of likely N-dealkylation sites (N-methyl/N-ethyl adjacent to an activating group) is 1. The fraction of sp³-hybridized carbons (Fsp3) is 0.500. The van der Waals surface area contributed by atoms with Crippen LogP contribution in [0.5, 0.6) is 0 Å². The molecular weight excluding hydrogens is 154 g/mol. The number of hydrogen-bond donors (Lipinski definition) is 1. The summed E-state index contributed by atoms with van der Waals surface area (Å²) in [6.45, 7) is 2.59. The van der Waals surface area contributed by atoms with Crippen LogP contribution in [-0.2, 0) is 17.8 Å². The monoisotopic (exact) mass is 165 g/mol. The molecule has 0 saturated heterocycles. The van der Waals surface area contributed by atoms with Gasteiger partial charge in [-0.05, 0) is 6.92 Å². The quantitative estimate of drug-likeness (QED) is 0.598. The number of H-pyrrole nitrogens is 1. The number of carbonyl (C=O) groups excluding carboxylic acids is 1. The first-order valence-electron chi connectivity index (χ1n) is 3.95. The molecule has 1 aromatic rings. The zero-order valence-electron chi connectivity index (χ0n) is 7.22. The lowest BCUT2D eigenvalue weighted by molar-refractivity contribution is -0.130. The van der Waals surface area contributed by atoms with Crippen LogP contribution in [-0.4, -0.2) is 28.1 Å². The van der Waals surface area contributed by atoms with E-state index in [4.69, 9.17) is 0 Å². The minimum Gasteiger partial charge on any atom is -0.339 e. The van der Waals surface area contributed by atoms with Crippen LogP contribution in [0.25, 0.3) is 0 Å². The van der Waals surface area contributed by atoms with Gasteiger partial charge < -0.3 is 4.90 Å². The number of hydrogen-bond acceptors (Lipinski definition) is 2. The van der Waals surface area contributed by atoms with Crippen LogP contribution < -0.4 is 0 Å². The minimum absolute atomic E-state index is 0.173. The molecule has 0 spiro atoms. The van der Waals surface area contributed by atoms with Crippen molar-refractivity contribution in [2.75, 3.05) is 7.05 Å². The molecule has 1 aliphatic heterocycles. The summed E-state index contributed by atoms with van der Waals surface area (Å²) in [6.07, 6.45) is 0.494. The minimum atomic E-state index is 0.173. The molecule has 0 atom stereocenters. The van der Waals surface area contributed by atoms with Gasteiger partial charge in [0.2, 0.25) is 5.91 Å². The lowest BCUT2D eigenvalue weighted by Gasteiger charge is -2.21. The molecule has 2 rings (SSSR count). The Kier molecular flexibility index (Phi) is 1.43. The van der Waals surface area contributed by atoms with Gasteiger partial charge in [-0.15, -0.1) is 0 Å². The predicted octanol–water partition coefficient (Wildman–Crippen LogP) is 0.233. The van der Waals surface area contributed by atoms with Gasteiger partial charge in [0.05, 0.1) is 18.7 Å². The zero-order chi connectivity index (χ0) is 8.72. The molecule has 1 aromatic heterocycles. The van der Waals surface area contributed by atoms with E-state index in [1.54, 1.807) is 11.9 Å². The van der Waals surface area contributed by atoms with E-state index in [9.17, 15) is 4.79 Å². The van der Waals surface area contributed by atoms with Crippen LogP contribution in [0.3, 0.4) is 0 Å². The van der Waals surface area contributed by atoms with Crippen molar-refractivity contribution in [2.24, 2.45) is 0 Å². The maximum absolute atomic E-state index is 11.3. The Morgan fingerprint density at radius 3 is 3.08 bits per heavy atom. The Morgan fingerprint density at radius 1 is 1.58 bits per heavy atom. The molecule has 4 nitrogen and oxygen atoms in total. The second-order valence-corrected chi connectivity index (χ2v) is 3.20. The summed E-state index contributed by atoms with van der Waals surface area (Å²) < 4.78 is 0. The molecule has 64 valence electrons. The fourth-order valence-corrected chi connectivity index (χ4v) is 1.47. The second-order valence-electron chi connectivity index (χ2n) is 3.20. The van der Waals surface area contributed by atoms with Crippen molar-refractivity contribution in [1.82, 2.24) is 15.1 Å². The Labute approximate surface area is 70.6 Å². The van der Waals surface area contributed by atoms with Gasteiger partial charge in [0, 0.05) is 18.3 Å². The third-order valence-electron chi connectivity index (χ3n) is 2.30. The van der Waals surface area contributed by atoms with Gasteiger partial charge in [-0.2, -0.15) is 5.10 Å². The largest absolute Gasteiger partial charge is 0.339 e. The van der Waals surface area contributed by atoms with E-state index in [-0.39, 0.29) is 5.91 Å². The van der Waals surface area contributed by atoms with Crippen molar-refractivity contribution in [2.45, 2.75) is 19.9 Å². The summed E-state index contributed by atoms with van der Waals surface area (Å²) in [7, 11) is 1.80. The molecule has 0 unspecified atom stereocenters. The maximum Gasteiger partial charge on any atom is 0.227 e. The second kappa shape index (κ2) is 2.33. The van der Waals surface area contributed by atoms with E-state index < -0.39 is 0 Å². The summed E-state index contributed by atoms with van der Waals surface area (Å²) in [5.74, 6) is 0.173. The molecular formula is C8H11N3O. The van der Waals surface area contributed by atoms with Crippen molar-refractivity contribution in [3.05, 3.63) is 17.0 Å². The molecule has 0 fully saturated rings. The molecule has 12 heavy (non-hydrogen) atoms. The van der Waals surface area contributed by atoms with E-state index in [1.165, 1.54) is 0 Å². The molecule has 1 amide bonds. The highest BCUT2D eigenvalue weighted by molar-refractivity contribution is 5.80. The molecule has 0 aromatic carbocycles. The number of fused-ring (bicyclic) bond motifs is 1. The molecule has 2 heterocycles. The van der Waals surface area contributed by atoms with Gasteiger partial charge in [0.25, 0.3) is 0 Å². The number of nitrogens with zero attached hydrogens (tertiary/aromatic N) is 2. The van der Waals surface area contributed by atoms with Crippen LogP contribution in [0.2, 0.25) is 0 Å². The number of aromatic amines is 1. The highest BCUT2D eigenvalue weighted by atomic mass is 16.2. The molecule has 0 bridgehead atoms. The maximum atomic E-state index is 11.3. The highest BCUT2D eigenvalue weighted by Gasteiger charge is 2.23.